The second kappa shape index (κ2) is 11.4. The maximum atomic E-state index is 7.79. The summed E-state index contributed by atoms with van der Waals surface area (Å²) in [5.41, 5.74) is 15.5. The van der Waals surface area contributed by atoms with Gasteiger partial charge in [-0.25, -0.2) is 0 Å². The van der Waals surface area contributed by atoms with Crippen molar-refractivity contribution in [2.75, 3.05) is 31.2 Å². The standard InChI is InChI=1S/C52H45NO2/c1-32-14-21-41-44(30-32)51(4,5)48-42-24-25-52(55-49(42)39-13-9-8-12-38(39)47(41)48,34-16-19-36(20-17-34)53-26-28-54-29-27-53)35-18-22-40-45(31-35)50(2,3)43-23-15-33-10-6-7-11-37(33)46(40)43/h6-25,30-31H,26-29H2,1-5H3. The molecule has 1 fully saturated rings. The summed E-state index contributed by atoms with van der Waals surface area (Å²) in [6.45, 7) is 15.1. The van der Waals surface area contributed by atoms with Crippen molar-refractivity contribution in [2.45, 2.75) is 51.0 Å². The first-order valence-electron chi connectivity index (χ1n) is 19.9. The Balaban J connectivity index is 1.14. The lowest BCUT2D eigenvalue weighted by molar-refractivity contribution is 0.122. The number of hydrogen-bond acceptors (Lipinski definition) is 3. The zero-order valence-corrected chi connectivity index (χ0v) is 32.3. The molecule has 11 rings (SSSR count). The summed E-state index contributed by atoms with van der Waals surface area (Å²) >= 11 is 0. The topological polar surface area (TPSA) is 21.7 Å². The molecule has 0 radical (unpaired) electrons. The van der Waals surface area contributed by atoms with E-state index in [-0.39, 0.29) is 10.8 Å². The van der Waals surface area contributed by atoms with Crippen LogP contribution in [0.4, 0.5) is 5.69 Å². The molecule has 2 heterocycles. The van der Waals surface area contributed by atoms with Crippen LogP contribution in [0, 0.1) is 6.92 Å². The summed E-state index contributed by atoms with van der Waals surface area (Å²) in [4.78, 5) is 2.42. The summed E-state index contributed by atoms with van der Waals surface area (Å²) in [7, 11) is 0. The molecular formula is C52H45NO2. The van der Waals surface area contributed by atoms with Crippen molar-refractivity contribution in [3.63, 3.8) is 0 Å². The highest BCUT2D eigenvalue weighted by Crippen LogP contribution is 2.59. The van der Waals surface area contributed by atoms with Gasteiger partial charge in [0.2, 0.25) is 0 Å². The molecule has 270 valence electrons. The van der Waals surface area contributed by atoms with Crippen molar-refractivity contribution in [3.8, 4) is 28.0 Å². The predicted molar refractivity (Wildman–Crippen MR) is 228 cm³/mol. The SMILES string of the molecule is Cc1ccc2c(c1)C(C)(C)c1c3c(c4ccccc4c1-2)OC(c1ccc(N2CCOCC2)cc1)(c1ccc2c(c1)C(C)(C)c1ccc4ccccc4c1-2)C=C3. The second-order valence-electron chi connectivity index (χ2n) is 17.1. The van der Waals surface area contributed by atoms with Crippen LogP contribution in [0.5, 0.6) is 5.75 Å². The number of morpholine rings is 1. The summed E-state index contributed by atoms with van der Waals surface area (Å²) in [6, 6.07) is 45.6. The Labute approximate surface area is 323 Å². The monoisotopic (exact) mass is 715 g/mol. The lowest BCUT2D eigenvalue weighted by atomic mass is 9.75. The van der Waals surface area contributed by atoms with Gasteiger partial charge in [0.15, 0.2) is 5.60 Å². The van der Waals surface area contributed by atoms with Gasteiger partial charge in [0, 0.05) is 51.7 Å². The molecule has 0 aromatic heterocycles. The fraction of sp³-hybridized carbons (Fsp3) is 0.231. The van der Waals surface area contributed by atoms with E-state index in [0.717, 1.165) is 48.6 Å². The Kier molecular flexibility index (Phi) is 6.82. The lowest BCUT2D eigenvalue weighted by Crippen LogP contribution is -2.37. The van der Waals surface area contributed by atoms with Crippen molar-refractivity contribution >= 4 is 33.3 Å². The van der Waals surface area contributed by atoms with E-state index in [2.05, 4.69) is 173 Å². The third-order valence-corrected chi connectivity index (χ3v) is 13.4. The number of benzene rings is 7. The normalized spacial score (nSPS) is 19.8. The van der Waals surface area contributed by atoms with Gasteiger partial charge in [-0.2, -0.15) is 0 Å². The molecule has 7 aromatic rings. The van der Waals surface area contributed by atoms with Crippen molar-refractivity contribution < 1.29 is 9.47 Å². The first-order chi connectivity index (χ1) is 26.7. The highest BCUT2D eigenvalue weighted by Gasteiger charge is 2.46. The van der Waals surface area contributed by atoms with Crippen molar-refractivity contribution in [2.24, 2.45) is 0 Å². The average molecular weight is 716 g/mol. The molecule has 2 aliphatic carbocycles. The highest BCUT2D eigenvalue weighted by molar-refractivity contribution is 6.08. The first kappa shape index (κ1) is 32.8. The van der Waals surface area contributed by atoms with Crippen LogP contribution in [-0.4, -0.2) is 26.3 Å². The Morgan fingerprint density at radius 3 is 2.05 bits per heavy atom. The summed E-state index contributed by atoms with van der Waals surface area (Å²) in [5.74, 6) is 0.959. The largest absolute Gasteiger partial charge is 0.472 e. The number of nitrogens with zero attached hydrogens (tertiary/aromatic N) is 1. The molecule has 0 spiro atoms. The Morgan fingerprint density at radius 2 is 1.25 bits per heavy atom. The fourth-order valence-corrected chi connectivity index (χ4v) is 10.5. The highest BCUT2D eigenvalue weighted by atomic mass is 16.5. The molecular weight excluding hydrogens is 671 g/mol. The molecule has 55 heavy (non-hydrogen) atoms. The molecule has 0 bridgehead atoms. The molecule has 7 aromatic carbocycles. The van der Waals surface area contributed by atoms with Gasteiger partial charge in [-0.15, -0.1) is 0 Å². The summed E-state index contributed by atoms with van der Waals surface area (Å²) < 4.78 is 13.5. The van der Waals surface area contributed by atoms with Crippen molar-refractivity contribution in [3.05, 3.63) is 172 Å². The van der Waals surface area contributed by atoms with Gasteiger partial charge in [0.1, 0.15) is 5.75 Å². The molecule has 4 aliphatic rings. The van der Waals surface area contributed by atoms with E-state index in [4.69, 9.17) is 9.47 Å². The van der Waals surface area contributed by atoms with E-state index < -0.39 is 5.60 Å². The van der Waals surface area contributed by atoms with Gasteiger partial charge in [0.05, 0.1) is 13.2 Å². The van der Waals surface area contributed by atoms with E-state index in [1.807, 2.05) is 0 Å². The van der Waals surface area contributed by atoms with Gasteiger partial charge in [-0.1, -0.05) is 142 Å². The number of hydrogen-bond donors (Lipinski definition) is 0. The summed E-state index contributed by atoms with van der Waals surface area (Å²) in [6.07, 6.45) is 4.74. The number of fused-ring (bicyclic) bond motifs is 13. The van der Waals surface area contributed by atoms with Crippen LogP contribution < -0.4 is 9.64 Å². The molecule has 3 heteroatoms. The molecule has 3 nitrogen and oxygen atoms in total. The van der Waals surface area contributed by atoms with Crippen LogP contribution in [0.3, 0.4) is 0 Å². The lowest BCUT2D eigenvalue weighted by Gasteiger charge is -2.39. The maximum absolute atomic E-state index is 7.79. The molecule has 1 unspecified atom stereocenters. The number of aryl methyl sites for hydroxylation is 1. The van der Waals surface area contributed by atoms with Crippen LogP contribution in [0.25, 0.3) is 49.9 Å². The molecule has 0 amide bonds. The number of ether oxygens (including phenoxy) is 2. The first-order valence-corrected chi connectivity index (χ1v) is 19.9. The van der Waals surface area contributed by atoms with Gasteiger partial charge < -0.3 is 14.4 Å². The molecule has 2 aliphatic heterocycles. The van der Waals surface area contributed by atoms with Crippen LogP contribution in [0.2, 0.25) is 0 Å². The van der Waals surface area contributed by atoms with Crippen LogP contribution in [-0.2, 0) is 21.2 Å². The van der Waals surface area contributed by atoms with Crippen LogP contribution >= 0.6 is 0 Å². The minimum atomic E-state index is -0.859. The van der Waals surface area contributed by atoms with Crippen molar-refractivity contribution in [1.82, 2.24) is 0 Å². The van der Waals surface area contributed by atoms with Crippen LogP contribution in [0.1, 0.15) is 72.2 Å². The average Bonchev–Trinajstić information content (AvgIpc) is 3.60. The smallest absolute Gasteiger partial charge is 0.178 e. The Morgan fingerprint density at radius 1 is 0.582 bits per heavy atom. The second-order valence-corrected chi connectivity index (χ2v) is 17.1. The van der Waals surface area contributed by atoms with E-state index in [1.165, 1.54) is 77.5 Å². The van der Waals surface area contributed by atoms with E-state index >= 15 is 0 Å². The summed E-state index contributed by atoms with van der Waals surface area (Å²) in [5, 5.41) is 4.99. The zero-order chi connectivity index (χ0) is 37.3. The third kappa shape index (κ3) is 4.48. The molecule has 0 N–H and O–H groups in total. The minimum Gasteiger partial charge on any atom is -0.472 e. The third-order valence-electron chi connectivity index (χ3n) is 13.4. The quantitative estimate of drug-likeness (QED) is 0.182. The maximum Gasteiger partial charge on any atom is 0.178 e. The molecule has 0 saturated carbocycles. The molecule has 1 saturated heterocycles. The van der Waals surface area contributed by atoms with E-state index in [9.17, 15) is 0 Å². The zero-order valence-electron chi connectivity index (χ0n) is 32.3. The fourth-order valence-electron chi connectivity index (χ4n) is 10.5. The minimum absolute atomic E-state index is 0.177. The van der Waals surface area contributed by atoms with E-state index in [1.54, 1.807) is 0 Å². The Bertz CT molecular complexity index is 2780. The van der Waals surface area contributed by atoms with Gasteiger partial charge in [-0.05, 0) is 91.9 Å². The van der Waals surface area contributed by atoms with E-state index in [0.29, 0.717) is 0 Å². The number of rotatable bonds is 3. The van der Waals surface area contributed by atoms with Gasteiger partial charge in [-0.3, -0.25) is 0 Å². The number of anilines is 1. The Hall–Kier alpha value is -5.64. The predicted octanol–water partition coefficient (Wildman–Crippen LogP) is 12.1. The van der Waals surface area contributed by atoms with Crippen molar-refractivity contribution in [1.29, 1.82) is 0 Å². The van der Waals surface area contributed by atoms with Gasteiger partial charge in [0.25, 0.3) is 0 Å². The molecule has 1 atom stereocenters. The van der Waals surface area contributed by atoms with Crippen LogP contribution in [0.15, 0.2) is 127 Å². The van der Waals surface area contributed by atoms with Gasteiger partial charge >= 0.3 is 0 Å².